The molecule has 0 saturated heterocycles. The Morgan fingerprint density at radius 3 is 1.58 bits per heavy atom. The quantitative estimate of drug-likeness (QED) is 0.0830. The summed E-state index contributed by atoms with van der Waals surface area (Å²) in [6, 6.07) is 46.6. The van der Waals surface area contributed by atoms with E-state index in [4.69, 9.17) is 18.9 Å². The molecule has 0 radical (unpaired) electrons. The highest BCUT2D eigenvalue weighted by Gasteiger charge is 2.46. The van der Waals surface area contributed by atoms with E-state index in [1.165, 1.54) is 33.0 Å². The van der Waals surface area contributed by atoms with Gasteiger partial charge >= 0.3 is 11.9 Å². The maximum Gasteiger partial charge on any atom is 0.333 e. The molecule has 0 aromatic heterocycles. The molecule has 0 aliphatic heterocycles. The zero-order valence-corrected chi connectivity index (χ0v) is 32.9. The van der Waals surface area contributed by atoms with Crippen LogP contribution >= 0.6 is 0 Å². The van der Waals surface area contributed by atoms with Crippen LogP contribution in [0.5, 0.6) is 11.5 Å². The van der Waals surface area contributed by atoms with Crippen LogP contribution in [0.4, 0.5) is 0 Å². The lowest BCUT2D eigenvalue weighted by Crippen LogP contribution is -2.28. The summed E-state index contributed by atoms with van der Waals surface area (Å²) >= 11 is 0. The second-order valence-electron chi connectivity index (χ2n) is 15.1. The number of rotatable bonds is 14. The third kappa shape index (κ3) is 7.56. The molecule has 2 unspecified atom stereocenters. The van der Waals surface area contributed by atoms with Gasteiger partial charge in [-0.1, -0.05) is 110 Å². The van der Waals surface area contributed by atoms with E-state index in [0.717, 1.165) is 32.7 Å². The van der Waals surface area contributed by atoms with Gasteiger partial charge in [0.2, 0.25) is 0 Å². The van der Waals surface area contributed by atoms with E-state index in [1.807, 2.05) is 36.4 Å². The van der Waals surface area contributed by atoms with Gasteiger partial charge in [0.15, 0.2) is 0 Å². The Kier molecular flexibility index (Phi) is 10.8. The molecule has 0 heterocycles. The summed E-state index contributed by atoms with van der Waals surface area (Å²) in [4.78, 5) is 23.5. The average molecular weight is 785 g/mol. The van der Waals surface area contributed by atoms with Crippen LogP contribution < -0.4 is 9.47 Å². The molecule has 0 spiro atoms. The standard InChI is InChI=1S/C51H44O8/c1-31(2)49(54)58-29-40(52)27-56-42-20-15-34-23-38(18-13-36(34)25-42)51(46-12-8-7-11-45(46)48-44-10-6-5-9-33(44)17-22-47(48)51)39-19-14-37-26-43(21-16-35(37)24-39)57-28-41(53)30-59-50(55)32(3)4/h5-26,40-41,52-53H,1,3,27-30H2,2,4H3. The molecular weight excluding hydrogens is 741 g/mol. The number of esters is 2. The molecule has 7 aromatic carbocycles. The molecular formula is C51H44O8. The van der Waals surface area contributed by atoms with Gasteiger partial charge in [0.1, 0.15) is 50.1 Å². The van der Waals surface area contributed by atoms with Crippen LogP contribution in [0.25, 0.3) is 43.4 Å². The first-order valence-corrected chi connectivity index (χ1v) is 19.5. The molecule has 0 bridgehead atoms. The fraction of sp³-hybridized carbons (Fsp3) is 0.176. The normalized spacial score (nSPS) is 15.3. The van der Waals surface area contributed by atoms with E-state index >= 15 is 0 Å². The number of aliphatic hydroxyl groups excluding tert-OH is 2. The SMILES string of the molecule is C=C(C)C(=O)OCC(O)COc1ccc2cc(C3(c4ccc5cc(OCC(O)COC(=O)C(=C)C)ccc5c4)c4ccccc4-c4c3ccc3ccccc43)ccc2c1. The van der Waals surface area contributed by atoms with Crippen LogP contribution in [0.1, 0.15) is 36.1 Å². The van der Waals surface area contributed by atoms with Crippen LogP contribution in [-0.4, -0.2) is 60.8 Å². The van der Waals surface area contributed by atoms with Crippen LogP contribution in [0, 0.1) is 0 Å². The van der Waals surface area contributed by atoms with E-state index in [1.54, 1.807) is 13.8 Å². The largest absolute Gasteiger partial charge is 0.491 e. The molecule has 0 fully saturated rings. The number of carbonyl (C=O) groups excluding carboxylic acids is 2. The molecule has 1 aliphatic rings. The Labute approximate surface area is 342 Å². The van der Waals surface area contributed by atoms with Crippen molar-refractivity contribution in [2.45, 2.75) is 31.5 Å². The van der Waals surface area contributed by atoms with Crippen LogP contribution in [0.2, 0.25) is 0 Å². The van der Waals surface area contributed by atoms with E-state index in [0.29, 0.717) is 11.5 Å². The Balaban J connectivity index is 1.17. The van der Waals surface area contributed by atoms with Gasteiger partial charge in [0.25, 0.3) is 0 Å². The van der Waals surface area contributed by atoms with Crippen molar-refractivity contribution in [2.75, 3.05) is 26.4 Å². The van der Waals surface area contributed by atoms with E-state index in [2.05, 4.69) is 110 Å². The molecule has 1 aliphatic carbocycles. The van der Waals surface area contributed by atoms with Crippen molar-refractivity contribution in [1.82, 2.24) is 0 Å². The average Bonchev–Trinajstić information content (AvgIpc) is 3.56. The number of fused-ring (bicyclic) bond motifs is 7. The van der Waals surface area contributed by atoms with Crippen molar-refractivity contribution in [3.63, 3.8) is 0 Å². The first-order chi connectivity index (χ1) is 28.5. The number of benzene rings is 7. The second-order valence-corrected chi connectivity index (χ2v) is 15.1. The summed E-state index contributed by atoms with van der Waals surface area (Å²) in [5, 5.41) is 27.1. The Hall–Kier alpha value is -6.74. The maximum absolute atomic E-state index is 11.8. The minimum Gasteiger partial charge on any atom is -0.491 e. The summed E-state index contributed by atoms with van der Waals surface area (Å²) < 4.78 is 22.0. The van der Waals surface area contributed by atoms with Crippen LogP contribution in [-0.2, 0) is 24.5 Å². The summed E-state index contributed by atoms with van der Waals surface area (Å²) in [7, 11) is 0. The van der Waals surface area contributed by atoms with E-state index in [9.17, 15) is 19.8 Å². The third-order valence-electron chi connectivity index (χ3n) is 10.8. The summed E-state index contributed by atoms with van der Waals surface area (Å²) in [5.41, 5.74) is 6.85. The van der Waals surface area contributed by atoms with Crippen molar-refractivity contribution < 1.29 is 38.7 Å². The van der Waals surface area contributed by atoms with Gasteiger partial charge in [-0.15, -0.1) is 0 Å². The first-order valence-electron chi connectivity index (χ1n) is 19.5. The van der Waals surface area contributed by atoms with Crippen molar-refractivity contribution in [2.24, 2.45) is 0 Å². The molecule has 2 atom stereocenters. The summed E-state index contributed by atoms with van der Waals surface area (Å²) in [5.74, 6) is 0.0719. The minimum atomic E-state index is -0.992. The lowest BCUT2D eigenvalue weighted by molar-refractivity contribution is -0.143. The summed E-state index contributed by atoms with van der Waals surface area (Å²) in [6.45, 7) is 9.80. The van der Waals surface area contributed by atoms with Gasteiger partial charge < -0.3 is 29.2 Å². The molecule has 8 heteroatoms. The number of aliphatic hydroxyl groups is 2. The molecule has 2 N–H and O–H groups in total. The molecule has 0 saturated carbocycles. The fourth-order valence-corrected chi connectivity index (χ4v) is 8.00. The zero-order valence-electron chi connectivity index (χ0n) is 32.9. The Morgan fingerprint density at radius 2 is 1.02 bits per heavy atom. The smallest absolute Gasteiger partial charge is 0.333 e. The first kappa shape index (κ1) is 39.1. The number of ether oxygens (including phenoxy) is 4. The maximum atomic E-state index is 11.8. The van der Waals surface area contributed by atoms with Gasteiger partial charge in [-0.05, 0) is 116 Å². The van der Waals surface area contributed by atoms with Gasteiger partial charge in [0.05, 0.1) is 5.41 Å². The number of hydrogen-bond donors (Lipinski definition) is 2. The van der Waals surface area contributed by atoms with E-state index < -0.39 is 29.6 Å². The predicted molar refractivity (Wildman–Crippen MR) is 231 cm³/mol. The molecule has 59 heavy (non-hydrogen) atoms. The molecule has 296 valence electrons. The predicted octanol–water partition coefficient (Wildman–Crippen LogP) is 9.23. The molecule has 0 amide bonds. The van der Waals surface area contributed by atoms with Crippen molar-refractivity contribution in [3.8, 4) is 22.6 Å². The van der Waals surface area contributed by atoms with Gasteiger partial charge in [-0.25, -0.2) is 9.59 Å². The third-order valence-corrected chi connectivity index (χ3v) is 10.8. The van der Waals surface area contributed by atoms with E-state index in [-0.39, 0.29) is 37.6 Å². The highest BCUT2D eigenvalue weighted by molar-refractivity contribution is 6.04. The Morgan fingerprint density at radius 1 is 0.542 bits per heavy atom. The van der Waals surface area contributed by atoms with Crippen LogP contribution in [0.3, 0.4) is 0 Å². The highest BCUT2D eigenvalue weighted by atomic mass is 16.6. The fourth-order valence-electron chi connectivity index (χ4n) is 8.00. The summed E-state index contributed by atoms with van der Waals surface area (Å²) in [6.07, 6.45) is -1.98. The topological polar surface area (TPSA) is 112 Å². The van der Waals surface area contributed by atoms with Gasteiger partial charge in [-0.2, -0.15) is 0 Å². The molecule has 8 nitrogen and oxygen atoms in total. The molecule has 8 rings (SSSR count). The lowest BCUT2D eigenvalue weighted by Gasteiger charge is -2.34. The monoisotopic (exact) mass is 784 g/mol. The van der Waals surface area contributed by atoms with Crippen molar-refractivity contribution >= 4 is 44.3 Å². The van der Waals surface area contributed by atoms with Gasteiger partial charge in [0, 0.05) is 11.1 Å². The lowest BCUT2D eigenvalue weighted by atomic mass is 9.67. The van der Waals surface area contributed by atoms with Gasteiger partial charge in [-0.3, -0.25) is 0 Å². The van der Waals surface area contributed by atoms with Crippen LogP contribution in [0.15, 0.2) is 158 Å². The number of hydrogen-bond acceptors (Lipinski definition) is 8. The highest BCUT2D eigenvalue weighted by Crippen LogP contribution is 2.58. The zero-order chi connectivity index (χ0) is 41.3. The number of carbonyl (C=O) groups is 2. The van der Waals surface area contributed by atoms with Crippen molar-refractivity contribution in [1.29, 1.82) is 0 Å². The van der Waals surface area contributed by atoms with Crippen molar-refractivity contribution in [3.05, 3.63) is 180 Å². The Bertz CT molecular complexity index is 2660. The molecule has 7 aromatic rings. The second kappa shape index (κ2) is 16.3. The minimum absolute atomic E-state index is 0.0395.